The molecule has 4 nitrogen and oxygen atoms in total. The van der Waals surface area contributed by atoms with Crippen molar-refractivity contribution in [1.82, 2.24) is 0 Å². The summed E-state index contributed by atoms with van der Waals surface area (Å²) in [7, 11) is -4.13. The molecule has 17 heavy (non-hydrogen) atoms. The predicted octanol–water partition coefficient (Wildman–Crippen LogP) is 1.52. The number of hydrogen-bond acceptors (Lipinski definition) is 3. The molecule has 0 atom stereocenters. The van der Waals surface area contributed by atoms with Crippen LogP contribution in [0, 0.1) is 0 Å². The fourth-order valence-corrected chi connectivity index (χ4v) is 2.13. The third-order valence-corrected chi connectivity index (χ3v) is 2.94. The van der Waals surface area contributed by atoms with Gasteiger partial charge in [0.1, 0.15) is 11.7 Å². The van der Waals surface area contributed by atoms with Gasteiger partial charge >= 0.3 is 0 Å². The van der Waals surface area contributed by atoms with Crippen molar-refractivity contribution in [3.05, 3.63) is 42.5 Å². The quantitative estimate of drug-likeness (QED) is 0.624. The van der Waals surface area contributed by atoms with Gasteiger partial charge in [0.2, 0.25) is 0 Å². The summed E-state index contributed by atoms with van der Waals surface area (Å²) in [5, 5.41) is 1.33. The van der Waals surface area contributed by atoms with Crippen LogP contribution in [0.25, 0.3) is 10.8 Å². The first-order chi connectivity index (χ1) is 7.59. The molecule has 0 aromatic heterocycles. The Morgan fingerprint density at radius 1 is 0.941 bits per heavy atom. The molecule has 0 bridgehead atoms. The van der Waals surface area contributed by atoms with E-state index in [0.29, 0.717) is 5.39 Å². The van der Waals surface area contributed by atoms with Crippen LogP contribution in [0.4, 0.5) is 0 Å². The molecular formula is C11H10NaO4S. The van der Waals surface area contributed by atoms with Crippen molar-refractivity contribution in [3.8, 4) is 0 Å². The van der Waals surface area contributed by atoms with Gasteiger partial charge in [-0.3, -0.25) is 4.55 Å². The third kappa shape index (κ3) is 3.90. The Hall–Kier alpha value is -0.720. The molecule has 0 saturated heterocycles. The van der Waals surface area contributed by atoms with Crippen LogP contribution in [0.2, 0.25) is 0 Å². The van der Waals surface area contributed by atoms with Gasteiger partial charge in [-0.2, -0.15) is 8.42 Å². The van der Waals surface area contributed by atoms with Gasteiger partial charge < -0.3 is 4.79 Å². The van der Waals surface area contributed by atoms with Crippen LogP contribution in [0.15, 0.2) is 47.4 Å². The molecule has 0 heterocycles. The van der Waals surface area contributed by atoms with E-state index in [1.54, 1.807) is 30.3 Å². The summed E-state index contributed by atoms with van der Waals surface area (Å²) in [5.41, 5.74) is 0. The minimum atomic E-state index is -4.13. The van der Waals surface area contributed by atoms with Gasteiger partial charge in [-0.05, 0) is 11.5 Å². The van der Waals surface area contributed by atoms with E-state index in [9.17, 15) is 8.42 Å². The van der Waals surface area contributed by atoms with Gasteiger partial charge in [0, 0.05) is 34.9 Å². The molecule has 1 N–H and O–H groups in total. The molecule has 0 spiro atoms. The number of hydrogen-bond donors (Lipinski definition) is 1. The molecule has 6 heteroatoms. The van der Waals surface area contributed by atoms with Crippen molar-refractivity contribution in [2.24, 2.45) is 0 Å². The van der Waals surface area contributed by atoms with Crippen LogP contribution in [-0.2, 0) is 14.9 Å². The molecule has 0 unspecified atom stereocenters. The smallest absolute Gasteiger partial charge is 0.295 e. The van der Waals surface area contributed by atoms with E-state index in [-0.39, 0.29) is 34.5 Å². The zero-order chi connectivity index (χ0) is 12.2. The fourth-order valence-electron chi connectivity index (χ4n) is 1.42. The van der Waals surface area contributed by atoms with E-state index in [0.717, 1.165) is 5.39 Å². The van der Waals surface area contributed by atoms with E-state index in [4.69, 9.17) is 9.35 Å². The Morgan fingerprint density at radius 2 is 1.47 bits per heavy atom. The average molecular weight is 261 g/mol. The Kier molecular flexibility index (Phi) is 6.59. The molecule has 1 radical (unpaired) electrons. The Bertz CT molecular complexity index is 590. The number of fused-ring (bicyclic) bond motifs is 1. The number of carbonyl (C=O) groups excluding carboxylic acids is 1. The number of carbonyl (C=O) groups is 1. The molecular weight excluding hydrogens is 251 g/mol. The first-order valence-corrected chi connectivity index (χ1v) is 5.77. The Morgan fingerprint density at radius 3 is 2.06 bits per heavy atom. The van der Waals surface area contributed by atoms with Crippen molar-refractivity contribution in [2.45, 2.75) is 4.90 Å². The number of rotatable bonds is 1. The zero-order valence-corrected chi connectivity index (χ0v) is 12.1. The van der Waals surface area contributed by atoms with Gasteiger partial charge in [-0.25, -0.2) is 0 Å². The van der Waals surface area contributed by atoms with Gasteiger partial charge in [0.15, 0.2) is 0 Å². The standard InChI is InChI=1S/C10H8O3S.CH2O.Na/c11-14(12,13)10-7-3-5-8-4-1-2-6-9(8)10;1-2;/h1-7H,(H,11,12,13);1H2;. The molecule has 0 amide bonds. The predicted molar refractivity (Wildman–Crippen MR) is 66.6 cm³/mol. The topological polar surface area (TPSA) is 71.4 Å². The fraction of sp³-hybridized carbons (Fsp3) is 0. The van der Waals surface area contributed by atoms with Crippen molar-refractivity contribution in [2.75, 3.05) is 0 Å². The molecule has 2 aromatic carbocycles. The molecule has 0 aliphatic carbocycles. The van der Waals surface area contributed by atoms with E-state index < -0.39 is 10.1 Å². The summed E-state index contributed by atoms with van der Waals surface area (Å²) in [6.07, 6.45) is 0. The zero-order valence-electron chi connectivity index (χ0n) is 9.33. The number of benzene rings is 2. The molecule has 0 fully saturated rings. The average Bonchev–Trinajstić information content (AvgIpc) is 2.30. The van der Waals surface area contributed by atoms with Gasteiger partial charge in [0.05, 0.1) is 0 Å². The Labute approximate surface area is 122 Å². The minimum absolute atomic E-state index is 0. The summed E-state index contributed by atoms with van der Waals surface area (Å²) >= 11 is 0. The van der Waals surface area contributed by atoms with Crippen LogP contribution in [-0.4, -0.2) is 49.3 Å². The van der Waals surface area contributed by atoms with Crippen molar-refractivity contribution >= 4 is 57.2 Å². The normalized spacial score (nSPS) is 9.94. The summed E-state index contributed by atoms with van der Waals surface area (Å²) in [6.45, 7) is 2.00. The van der Waals surface area contributed by atoms with Crippen LogP contribution < -0.4 is 0 Å². The first kappa shape index (κ1) is 16.3. The third-order valence-electron chi connectivity index (χ3n) is 2.03. The van der Waals surface area contributed by atoms with Gasteiger partial charge in [0.25, 0.3) is 10.1 Å². The molecule has 0 saturated carbocycles. The van der Waals surface area contributed by atoms with Crippen LogP contribution >= 0.6 is 0 Å². The molecule has 0 aliphatic rings. The summed E-state index contributed by atoms with van der Waals surface area (Å²) in [5.74, 6) is 0. The summed E-state index contributed by atoms with van der Waals surface area (Å²) in [6, 6.07) is 11.8. The largest absolute Gasteiger partial charge is 0.307 e. The molecule has 2 aromatic rings. The van der Waals surface area contributed by atoms with E-state index in [2.05, 4.69) is 0 Å². The van der Waals surface area contributed by atoms with Crippen LogP contribution in [0.3, 0.4) is 0 Å². The first-order valence-electron chi connectivity index (χ1n) is 4.33. The second-order valence-corrected chi connectivity index (χ2v) is 4.34. The van der Waals surface area contributed by atoms with E-state index in [1.165, 1.54) is 6.07 Å². The second kappa shape index (κ2) is 6.88. The molecule has 0 aliphatic heterocycles. The maximum absolute atomic E-state index is 11.0. The summed E-state index contributed by atoms with van der Waals surface area (Å²) < 4.78 is 31.0. The Balaban J connectivity index is 0.000000811. The van der Waals surface area contributed by atoms with Crippen molar-refractivity contribution in [1.29, 1.82) is 0 Å². The van der Waals surface area contributed by atoms with Crippen molar-refractivity contribution in [3.63, 3.8) is 0 Å². The van der Waals surface area contributed by atoms with Gasteiger partial charge in [-0.15, -0.1) is 0 Å². The SMILES string of the molecule is C=O.O=S(=O)(O)c1cccc2ccccc12.[Na]. The van der Waals surface area contributed by atoms with Crippen molar-refractivity contribution < 1.29 is 17.8 Å². The maximum Gasteiger partial charge on any atom is 0.295 e. The maximum atomic E-state index is 11.0. The van der Waals surface area contributed by atoms with E-state index >= 15 is 0 Å². The minimum Gasteiger partial charge on any atom is -0.307 e. The molecule has 2 rings (SSSR count). The second-order valence-electron chi connectivity index (χ2n) is 2.95. The monoisotopic (exact) mass is 261 g/mol. The van der Waals surface area contributed by atoms with E-state index in [1.807, 2.05) is 12.9 Å². The van der Waals surface area contributed by atoms with Gasteiger partial charge in [-0.1, -0.05) is 36.4 Å². The molecule has 85 valence electrons. The summed E-state index contributed by atoms with van der Waals surface area (Å²) in [4.78, 5) is 7.95. The van der Waals surface area contributed by atoms with Crippen LogP contribution in [0.5, 0.6) is 0 Å². The van der Waals surface area contributed by atoms with Crippen LogP contribution in [0.1, 0.15) is 0 Å².